The molecule has 0 heterocycles. The fourth-order valence-corrected chi connectivity index (χ4v) is 2.82. The molecule has 0 radical (unpaired) electrons. The van der Waals surface area contributed by atoms with E-state index in [4.69, 9.17) is 0 Å². The molecular weight excluding hydrogens is 292 g/mol. The highest BCUT2D eigenvalue weighted by Crippen LogP contribution is 2.22. The maximum atomic E-state index is 10.0. The zero-order valence-electron chi connectivity index (χ0n) is 14.2. The summed E-state index contributed by atoms with van der Waals surface area (Å²) in [4.78, 5) is 0. The third kappa shape index (κ3) is 9.47. The molecule has 0 bridgehead atoms. The maximum absolute atomic E-state index is 10.0. The number of rotatable bonds is 12. The number of phenolic OH excluding ortho intramolecular Hbond substituents is 2. The molecule has 0 spiro atoms. The second-order valence-corrected chi connectivity index (χ2v) is 6.48. The van der Waals surface area contributed by atoms with Crippen LogP contribution in [0.1, 0.15) is 70.3 Å². The van der Waals surface area contributed by atoms with Crippen molar-refractivity contribution in [3.8, 4) is 11.5 Å². The predicted octanol–water partition coefficient (Wildman–Crippen LogP) is 3.89. The number of aromatic hydroxyl groups is 2. The molecule has 0 amide bonds. The first-order valence-corrected chi connectivity index (χ1v) is 8.89. The highest BCUT2D eigenvalue weighted by atomic mass is 16.3. The Hall–Kier alpha value is -1.26. The van der Waals surface area contributed by atoms with Crippen molar-refractivity contribution < 1.29 is 20.4 Å². The summed E-state index contributed by atoms with van der Waals surface area (Å²) < 4.78 is 0. The van der Waals surface area contributed by atoms with Gasteiger partial charge in [0.25, 0.3) is 0 Å². The van der Waals surface area contributed by atoms with Crippen LogP contribution in [-0.4, -0.2) is 32.6 Å². The molecule has 0 aromatic heterocycles. The van der Waals surface area contributed by atoms with Gasteiger partial charge < -0.3 is 20.4 Å². The summed E-state index contributed by atoms with van der Waals surface area (Å²) in [6.45, 7) is 2.01. The molecular formula is C19H32O4. The van der Waals surface area contributed by atoms with Crippen LogP contribution in [0.5, 0.6) is 11.5 Å². The lowest BCUT2D eigenvalue weighted by Gasteiger charge is -2.11. The van der Waals surface area contributed by atoms with Gasteiger partial charge in [0.05, 0.1) is 12.2 Å². The number of phenols is 2. The lowest BCUT2D eigenvalue weighted by atomic mass is 10.0. The van der Waals surface area contributed by atoms with Crippen molar-refractivity contribution >= 4 is 0 Å². The van der Waals surface area contributed by atoms with Gasteiger partial charge in [-0.1, -0.05) is 45.4 Å². The van der Waals surface area contributed by atoms with E-state index < -0.39 is 6.10 Å². The second kappa shape index (κ2) is 11.3. The normalized spacial score (nSPS) is 13.9. The molecule has 0 fully saturated rings. The minimum atomic E-state index is -0.434. The molecule has 2 unspecified atom stereocenters. The van der Waals surface area contributed by atoms with E-state index in [1.54, 1.807) is 12.1 Å². The number of benzene rings is 1. The Morgan fingerprint density at radius 2 is 1.22 bits per heavy atom. The summed E-state index contributed by atoms with van der Waals surface area (Å²) in [5.41, 5.74) is 0.754. The number of unbranched alkanes of at least 4 members (excludes halogenated alkanes) is 5. The molecule has 0 aliphatic heterocycles. The second-order valence-electron chi connectivity index (χ2n) is 6.48. The molecule has 0 aliphatic rings. The van der Waals surface area contributed by atoms with Gasteiger partial charge >= 0.3 is 0 Å². The minimum absolute atomic E-state index is 0.0281. The Labute approximate surface area is 139 Å². The number of aliphatic hydroxyl groups excluding tert-OH is 2. The maximum Gasteiger partial charge on any atom is 0.119 e. The molecule has 132 valence electrons. The van der Waals surface area contributed by atoms with Crippen LogP contribution in [0.25, 0.3) is 0 Å². The Balaban J connectivity index is 2.05. The number of hydrogen-bond acceptors (Lipinski definition) is 4. The summed E-state index contributed by atoms with van der Waals surface area (Å²) in [5.74, 6) is 0.0563. The molecule has 4 heteroatoms. The average Bonchev–Trinajstić information content (AvgIpc) is 2.48. The molecule has 0 aliphatic carbocycles. The molecule has 0 saturated heterocycles. The van der Waals surface area contributed by atoms with E-state index in [-0.39, 0.29) is 17.6 Å². The van der Waals surface area contributed by atoms with E-state index in [1.807, 2.05) is 6.92 Å². The molecule has 23 heavy (non-hydrogen) atoms. The molecule has 4 N–H and O–H groups in total. The van der Waals surface area contributed by atoms with Crippen LogP contribution in [0.3, 0.4) is 0 Å². The van der Waals surface area contributed by atoms with Gasteiger partial charge in [0.2, 0.25) is 0 Å². The standard InChI is InChI=1S/C19H32O4/c1-2-16(20)9-7-5-3-4-6-8-10-17(21)11-15-12-18(22)14-19(23)13-15/h12-14,16-17,20-23H,2-11H2,1H3. The predicted molar refractivity (Wildman–Crippen MR) is 92.7 cm³/mol. The molecule has 1 aromatic carbocycles. The van der Waals surface area contributed by atoms with Gasteiger partial charge in [-0.15, -0.1) is 0 Å². The first-order chi connectivity index (χ1) is 11.0. The van der Waals surface area contributed by atoms with E-state index >= 15 is 0 Å². The Morgan fingerprint density at radius 3 is 1.74 bits per heavy atom. The van der Waals surface area contributed by atoms with Gasteiger partial charge in [-0.25, -0.2) is 0 Å². The van der Waals surface area contributed by atoms with Crippen LogP contribution in [0.15, 0.2) is 18.2 Å². The van der Waals surface area contributed by atoms with Crippen molar-refractivity contribution in [2.75, 3.05) is 0 Å². The average molecular weight is 324 g/mol. The Kier molecular flexibility index (Phi) is 9.72. The molecule has 1 rings (SSSR count). The third-order valence-electron chi connectivity index (χ3n) is 4.23. The van der Waals surface area contributed by atoms with Crippen molar-refractivity contribution in [3.05, 3.63) is 23.8 Å². The smallest absolute Gasteiger partial charge is 0.119 e. The van der Waals surface area contributed by atoms with Crippen molar-refractivity contribution in [1.29, 1.82) is 0 Å². The Bertz CT molecular complexity index is 413. The van der Waals surface area contributed by atoms with Gasteiger partial charge in [-0.2, -0.15) is 0 Å². The van der Waals surface area contributed by atoms with Crippen LogP contribution in [0, 0.1) is 0 Å². The highest BCUT2D eigenvalue weighted by Gasteiger charge is 2.07. The van der Waals surface area contributed by atoms with Crippen LogP contribution in [-0.2, 0) is 6.42 Å². The summed E-state index contributed by atoms with van der Waals surface area (Å²) >= 11 is 0. The monoisotopic (exact) mass is 324 g/mol. The number of aliphatic hydroxyl groups is 2. The van der Waals surface area contributed by atoms with Gasteiger partial charge in [-0.05, 0) is 43.4 Å². The third-order valence-corrected chi connectivity index (χ3v) is 4.23. The van der Waals surface area contributed by atoms with Gasteiger partial charge in [0, 0.05) is 6.07 Å². The zero-order chi connectivity index (χ0) is 17.1. The minimum Gasteiger partial charge on any atom is -0.508 e. The summed E-state index contributed by atoms with van der Waals surface area (Å²) in [6, 6.07) is 4.44. The fraction of sp³-hybridized carbons (Fsp3) is 0.684. The fourth-order valence-electron chi connectivity index (χ4n) is 2.82. The lowest BCUT2D eigenvalue weighted by molar-refractivity contribution is 0.155. The lowest BCUT2D eigenvalue weighted by Crippen LogP contribution is -2.10. The van der Waals surface area contributed by atoms with Crippen LogP contribution in [0.4, 0.5) is 0 Å². The van der Waals surface area contributed by atoms with E-state index in [2.05, 4.69) is 0 Å². The van der Waals surface area contributed by atoms with Crippen LogP contribution < -0.4 is 0 Å². The van der Waals surface area contributed by atoms with Crippen molar-refractivity contribution in [3.63, 3.8) is 0 Å². The largest absolute Gasteiger partial charge is 0.508 e. The van der Waals surface area contributed by atoms with E-state index in [1.165, 1.54) is 25.3 Å². The van der Waals surface area contributed by atoms with Crippen molar-refractivity contribution in [2.45, 2.75) is 83.3 Å². The van der Waals surface area contributed by atoms with E-state index in [0.717, 1.165) is 44.1 Å². The van der Waals surface area contributed by atoms with E-state index in [9.17, 15) is 20.4 Å². The Morgan fingerprint density at radius 1 is 0.739 bits per heavy atom. The summed E-state index contributed by atoms with van der Waals surface area (Å²) in [5, 5.41) is 38.3. The molecule has 4 nitrogen and oxygen atoms in total. The quantitative estimate of drug-likeness (QED) is 0.440. The first-order valence-electron chi connectivity index (χ1n) is 8.89. The van der Waals surface area contributed by atoms with Gasteiger partial charge in [-0.3, -0.25) is 0 Å². The molecule has 1 aromatic rings. The highest BCUT2D eigenvalue weighted by molar-refractivity contribution is 5.36. The van der Waals surface area contributed by atoms with Crippen LogP contribution >= 0.6 is 0 Å². The van der Waals surface area contributed by atoms with Gasteiger partial charge in [0.15, 0.2) is 0 Å². The SMILES string of the molecule is CCC(O)CCCCCCCCC(O)Cc1cc(O)cc(O)c1. The zero-order valence-corrected chi connectivity index (χ0v) is 14.2. The van der Waals surface area contributed by atoms with Crippen molar-refractivity contribution in [1.82, 2.24) is 0 Å². The summed E-state index contributed by atoms with van der Waals surface area (Å²) in [6.07, 6.45) is 9.10. The first kappa shape index (κ1) is 19.8. The van der Waals surface area contributed by atoms with Crippen LogP contribution in [0.2, 0.25) is 0 Å². The van der Waals surface area contributed by atoms with Crippen molar-refractivity contribution in [2.24, 2.45) is 0 Å². The summed E-state index contributed by atoms with van der Waals surface area (Å²) in [7, 11) is 0. The number of hydrogen-bond donors (Lipinski definition) is 4. The molecule has 2 atom stereocenters. The topological polar surface area (TPSA) is 80.9 Å². The molecule has 0 saturated carbocycles. The van der Waals surface area contributed by atoms with Gasteiger partial charge in [0.1, 0.15) is 11.5 Å². The van der Waals surface area contributed by atoms with E-state index in [0.29, 0.717) is 6.42 Å².